The second kappa shape index (κ2) is 8.77. The predicted molar refractivity (Wildman–Crippen MR) is 95.5 cm³/mol. The van der Waals surface area contributed by atoms with Gasteiger partial charge in [0.15, 0.2) is 5.78 Å². The van der Waals surface area contributed by atoms with Crippen molar-refractivity contribution >= 4 is 17.2 Å². The van der Waals surface area contributed by atoms with E-state index in [1.54, 1.807) is 7.11 Å². The van der Waals surface area contributed by atoms with Gasteiger partial charge < -0.3 is 20.3 Å². The van der Waals surface area contributed by atoms with Crippen molar-refractivity contribution in [3.8, 4) is 5.75 Å². The molecule has 0 saturated carbocycles. The second-order valence-corrected chi connectivity index (χ2v) is 6.15. The second-order valence-electron chi connectivity index (χ2n) is 6.15. The van der Waals surface area contributed by atoms with Gasteiger partial charge in [0.25, 0.3) is 0 Å². The fraction of sp³-hybridized carbons (Fsp3) is 0.611. The van der Waals surface area contributed by atoms with E-state index in [9.17, 15) is 4.79 Å². The highest BCUT2D eigenvalue weighted by atomic mass is 16.5. The average molecular weight is 319 g/mol. The van der Waals surface area contributed by atoms with Crippen LogP contribution in [0, 0.1) is 0 Å². The third-order valence-electron chi connectivity index (χ3n) is 4.43. The van der Waals surface area contributed by atoms with Gasteiger partial charge in [-0.2, -0.15) is 0 Å². The number of nitrogens with one attached hydrogen (secondary N) is 2. The summed E-state index contributed by atoms with van der Waals surface area (Å²) in [4.78, 5) is 14.7. The molecule has 1 saturated heterocycles. The molecule has 0 spiro atoms. The van der Waals surface area contributed by atoms with Crippen molar-refractivity contribution in [3.63, 3.8) is 0 Å². The standard InChI is InChI=1S/C18H29N3O2/c1-14(17(22)7-6-12-21-10-4-5-11-21)20-15-8-9-16(19-2)18(13-15)23-3/h8-9,13-14,19-20H,4-7,10-12H2,1-3H3/t14-/m1/s1. The highest BCUT2D eigenvalue weighted by Gasteiger charge is 2.15. The summed E-state index contributed by atoms with van der Waals surface area (Å²) < 4.78 is 5.35. The van der Waals surface area contributed by atoms with Crippen molar-refractivity contribution in [1.29, 1.82) is 0 Å². The molecular weight excluding hydrogens is 290 g/mol. The van der Waals surface area contributed by atoms with E-state index in [0.717, 1.165) is 30.1 Å². The third-order valence-corrected chi connectivity index (χ3v) is 4.43. The monoisotopic (exact) mass is 319 g/mol. The first-order valence-corrected chi connectivity index (χ1v) is 8.51. The van der Waals surface area contributed by atoms with Gasteiger partial charge in [-0.05, 0) is 58.0 Å². The molecule has 1 heterocycles. The van der Waals surface area contributed by atoms with E-state index in [4.69, 9.17) is 4.74 Å². The third kappa shape index (κ3) is 5.13. The van der Waals surface area contributed by atoms with E-state index in [-0.39, 0.29) is 11.8 Å². The summed E-state index contributed by atoms with van der Waals surface area (Å²) in [5.41, 5.74) is 1.84. The molecule has 128 valence electrons. The Morgan fingerprint density at radius 3 is 2.74 bits per heavy atom. The lowest BCUT2D eigenvalue weighted by Crippen LogP contribution is -2.27. The molecule has 1 aliphatic rings. The van der Waals surface area contributed by atoms with E-state index >= 15 is 0 Å². The molecule has 0 aromatic heterocycles. The first-order chi connectivity index (χ1) is 11.1. The van der Waals surface area contributed by atoms with Gasteiger partial charge in [0, 0.05) is 25.2 Å². The summed E-state index contributed by atoms with van der Waals surface area (Å²) in [5, 5.41) is 6.36. The largest absolute Gasteiger partial charge is 0.495 e. The van der Waals surface area contributed by atoms with Gasteiger partial charge in [-0.15, -0.1) is 0 Å². The Kier molecular flexibility index (Phi) is 6.71. The van der Waals surface area contributed by atoms with Crippen molar-refractivity contribution < 1.29 is 9.53 Å². The number of rotatable bonds is 9. The SMILES string of the molecule is CNc1ccc(N[C@H](C)C(=O)CCCN2CCCC2)cc1OC. The number of nitrogens with zero attached hydrogens (tertiary/aromatic N) is 1. The van der Waals surface area contributed by atoms with Crippen molar-refractivity contribution in [2.45, 2.75) is 38.6 Å². The first kappa shape index (κ1) is 17.6. The Morgan fingerprint density at radius 2 is 2.09 bits per heavy atom. The molecule has 5 heteroatoms. The topological polar surface area (TPSA) is 53.6 Å². The summed E-state index contributed by atoms with van der Waals surface area (Å²) in [5.74, 6) is 1.03. The van der Waals surface area contributed by atoms with Gasteiger partial charge in [0.05, 0.1) is 18.8 Å². The molecule has 1 aromatic carbocycles. The number of carbonyl (C=O) groups is 1. The van der Waals surface area contributed by atoms with Crippen molar-refractivity contribution in [2.75, 3.05) is 44.4 Å². The van der Waals surface area contributed by atoms with Gasteiger partial charge in [0.1, 0.15) is 5.75 Å². The number of anilines is 2. The lowest BCUT2D eigenvalue weighted by molar-refractivity contribution is -0.119. The molecule has 2 N–H and O–H groups in total. The van der Waals surface area contributed by atoms with E-state index in [2.05, 4.69) is 15.5 Å². The number of ketones is 1. The van der Waals surface area contributed by atoms with Gasteiger partial charge in [-0.25, -0.2) is 0 Å². The molecule has 1 fully saturated rings. The number of hydrogen-bond donors (Lipinski definition) is 2. The Bertz CT molecular complexity index is 513. The smallest absolute Gasteiger partial charge is 0.154 e. The van der Waals surface area contributed by atoms with Crippen LogP contribution >= 0.6 is 0 Å². The van der Waals surface area contributed by atoms with Crippen LogP contribution in [0.3, 0.4) is 0 Å². The number of hydrogen-bond acceptors (Lipinski definition) is 5. The zero-order valence-corrected chi connectivity index (χ0v) is 14.5. The highest BCUT2D eigenvalue weighted by Crippen LogP contribution is 2.27. The fourth-order valence-electron chi connectivity index (χ4n) is 3.02. The molecule has 23 heavy (non-hydrogen) atoms. The van der Waals surface area contributed by atoms with E-state index in [1.165, 1.54) is 25.9 Å². The summed E-state index contributed by atoms with van der Waals surface area (Å²) in [6.07, 6.45) is 4.19. The maximum atomic E-state index is 12.3. The zero-order valence-electron chi connectivity index (χ0n) is 14.5. The van der Waals surface area contributed by atoms with Crippen molar-refractivity contribution in [1.82, 2.24) is 4.90 Å². The van der Waals surface area contributed by atoms with Crippen LogP contribution in [0.15, 0.2) is 18.2 Å². The van der Waals surface area contributed by atoms with Gasteiger partial charge in [-0.3, -0.25) is 4.79 Å². The molecule has 0 bridgehead atoms. The van der Waals surface area contributed by atoms with Gasteiger partial charge in [0.2, 0.25) is 0 Å². The van der Waals surface area contributed by atoms with Crippen LogP contribution in [0.4, 0.5) is 11.4 Å². The minimum Gasteiger partial charge on any atom is -0.495 e. The van der Waals surface area contributed by atoms with Crippen LogP contribution in [0.2, 0.25) is 0 Å². The summed E-state index contributed by atoms with van der Waals surface area (Å²) >= 11 is 0. The molecule has 0 radical (unpaired) electrons. The van der Waals surface area contributed by atoms with E-state index < -0.39 is 0 Å². The molecule has 1 aliphatic heterocycles. The molecule has 0 amide bonds. The molecule has 5 nitrogen and oxygen atoms in total. The zero-order chi connectivity index (χ0) is 16.7. The lowest BCUT2D eigenvalue weighted by atomic mass is 10.1. The minimum atomic E-state index is -0.182. The number of Topliss-reactive ketones (excluding diaryl/α,β-unsaturated/α-hetero) is 1. The van der Waals surface area contributed by atoms with Crippen LogP contribution < -0.4 is 15.4 Å². The fourth-order valence-corrected chi connectivity index (χ4v) is 3.02. The number of carbonyl (C=O) groups excluding carboxylic acids is 1. The predicted octanol–water partition coefficient (Wildman–Crippen LogP) is 2.98. The summed E-state index contributed by atoms with van der Waals surface area (Å²) in [6, 6.07) is 5.65. The summed E-state index contributed by atoms with van der Waals surface area (Å²) in [7, 11) is 3.50. The van der Waals surface area contributed by atoms with Crippen molar-refractivity contribution in [3.05, 3.63) is 18.2 Å². The Hall–Kier alpha value is -1.75. The number of likely N-dealkylation sites (tertiary alicyclic amines) is 1. The van der Waals surface area contributed by atoms with Crippen LogP contribution in [0.5, 0.6) is 5.75 Å². The number of ether oxygens (including phenoxy) is 1. The minimum absolute atomic E-state index is 0.182. The van der Waals surface area contributed by atoms with Crippen molar-refractivity contribution in [2.24, 2.45) is 0 Å². The molecule has 1 aromatic rings. The Morgan fingerprint density at radius 1 is 1.35 bits per heavy atom. The maximum Gasteiger partial charge on any atom is 0.154 e. The number of benzene rings is 1. The first-order valence-electron chi connectivity index (χ1n) is 8.51. The summed E-state index contributed by atoms with van der Waals surface area (Å²) in [6.45, 7) is 5.36. The van der Waals surface area contributed by atoms with Crippen LogP contribution in [0.1, 0.15) is 32.6 Å². The van der Waals surface area contributed by atoms with E-state index in [0.29, 0.717) is 6.42 Å². The van der Waals surface area contributed by atoms with E-state index in [1.807, 2.05) is 32.2 Å². The van der Waals surface area contributed by atoms with Gasteiger partial charge >= 0.3 is 0 Å². The highest BCUT2D eigenvalue weighted by molar-refractivity contribution is 5.86. The van der Waals surface area contributed by atoms with Crippen LogP contribution in [0.25, 0.3) is 0 Å². The molecule has 0 unspecified atom stereocenters. The van der Waals surface area contributed by atoms with Crippen LogP contribution in [-0.2, 0) is 4.79 Å². The van der Waals surface area contributed by atoms with Crippen LogP contribution in [-0.4, -0.2) is 50.5 Å². The molecule has 2 rings (SSSR count). The van der Waals surface area contributed by atoms with Gasteiger partial charge in [-0.1, -0.05) is 0 Å². The average Bonchev–Trinajstić information content (AvgIpc) is 3.07. The normalized spacial score (nSPS) is 16.1. The molecule has 1 atom stereocenters. The quantitative estimate of drug-likeness (QED) is 0.733. The Balaban J connectivity index is 1.80. The lowest BCUT2D eigenvalue weighted by Gasteiger charge is -2.17. The molecule has 0 aliphatic carbocycles. The Labute approximate surface area is 139 Å². The molecular formula is C18H29N3O2. The number of methoxy groups -OCH3 is 1. The maximum absolute atomic E-state index is 12.3.